The van der Waals surface area contributed by atoms with Crippen molar-refractivity contribution in [1.29, 1.82) is 0 Å². The Balaban J connectivity index is 2.00. The summed E-state index contributed by atoms with van der Waals surface area (Å²) in [5, 5.41) is 3.55. The molecule has 1 amide bonds. The molecule has 118 valence electrons. The average Bonchev–Trinajstić information content (AvgIpc) is 2.49. The molecule has 0 radical (unpaired) electrons. The highest BCUT2D eigenvalue weighted by molar-refractivity contribution is 5.75. The number of nitrogens with one attached hydrogen (secondary N) is 1. The number of rotatable bonds is 10. The zero-order chi connectivity index (χ0) is 14.6. The van der Waals surface area contributed by atoms with Gasteiger partial charge in [0.25, 0.3) is 0 Å². The maximum Gasteiger partial charge on any atom is 0.222 e. The van der Waals surface area contributed by atoms with Crippen LogP contribution in [0.25, 0.3) is 0 Å². The van der Waals surface area contributed by atoms with Crippen LogP contribution in [-0.4, -0.2) is 37.0 Å². The highest BCUT2D eigenvalue weighted by Crippen LogP contribution is 2.11. The van der Waals surface area contributed by atoms with Crippen LogP contribution in [0.2, 0.25) is 0 Å². The fourth-order valence-corrected chi connectivity index (χ4v) is 2.89. The third-order valence-electron chi connectivity index (χ3n) is 4.40. The molecule has 1 unspecified atom stereocenters. The Morgan fingerprint density at radius 1 is 1.15 bits per heavy atom. The van der Waals surface area contributed by atoms with Gasteiger partial charge < -0.3 is 10.2 Å². The van der Waals surface area contributed by atoms with E-state index in [0.717, 1.165) is 32.4 Å². The van der Waals surface area contributed by atoms with Crippen molar-refractivity contribution in [3.05, 3.63) is 0 Å². The first-order valence-corrected chi connectivity index (χ1v) is 8.71. The van der Waals surface area contributed by atoms with Crippen LogP contribution in [0.1, 0.15) is 77.6 Å². The Bertz CT molecular complexity index is 249. The molecule has 1 N–H and O–H groups in total. The molecule has 3 nitrogen and oxygen atoms in total. The minimum atomic E-state index is 0.330. The molecule has 0 saturated carbocycles. The number of carbonyl (C=O) groups excluding carboxylic acids is 1. The molecule has 1 atom stereocenters. The quantitative estimate of drug-likeness (QED) is 0.619. The molecule has 0 bridgehead atoms. The van der Waals surface area contributed by atoms with Crippen LogP contribution in [0, 0.1) is 0 Å². The fraction of sp³-hybridized carbons (Fsp3) is 0.941. The first-order valence-electron chi connectivity index (χ1n) is 8.71. The molecule has 1 fully saturated rings. The summed E-state index contributed by atoms with van der Waals surface area (Å²) < 4.78 is 0. The van der Waals surface area contributed by atoms with Gasteiger partial charge in [0.05, 0.1) is 0 Å². The minimum absolute atomic E-state index is 0.330. The summed E-state index contributed by atoms with van der Waals surface area (Å²) in [5.41, 5.74) is 0. The van der Waals surface area contributed by atoms with Crippen LogP contribution in [0.15, 0.2) is 0 Å². The van der Waals surface area contributed by atoms with Gasteiger partial charge in [-0.25, -0.2) is 0 Å². The van der Waals surface area contributed by atoms with Crippen molar-refractivity contribution < 1.29 is 4.79 Å². The van der Waals surface area contributed by atoms with Crippen molar-refractivity contribution in [1.82, 2.24) is 10.2 Å². The Kier molecular flexibility index (Phi) is 9.73. The molecule has 20 heavy (non-hydrogen) atoms. The van der Waals surface area contributed by atoms with Gasteiger partial charge >= 0.3 is 0 Å². The molecule has 1 rings (SSSR count). The smallest absolute Gasteiger partial charge is 0.222 e. The number of nitrogens with zero attached hydrogens (tertiary/aromatic N) is 1. The highest BCUT2D eigenvalue weighted by Gasteiger charge is 2.14. The predicted octanol–water partition coefficient (Wildman–Crippen LogP) is 3.73. The lowest BCUT2D eigenvalue weighted by Gasteiger charge is -2.26. The molecule has 1 aliphatic rings. The monoisotopic (exact) mass is 282 g/mol. The first-order chi connectivity index (χ1) is 9.74. The fourth-order valence-electron chi connectivity index (χ4n) is 2.89. The lowest BCUT2D eigenvalue weighted by atomic mass is 10.0. The van der Waals surface area contributed by atoms with Crippen LogP contribution in [0.4, 0.5) is 0 Å². The Morgan fingerprint density at radius 2 is 1.90 bits per heavy atom. The lowest BCUT2D eigenvalue weighted by Crippen LogP contribution is -2.38. The van der Waals surface area contributed by atoms with E-state index in [2.05, 4.69) is 12.2 Å². The number of amides is 1. The Hall–Kier alpha value is -0.570. The topological polar surface area (TPSA) is 32.3 Å². The normalized spacial score (nSPS) is 19.0. The Labute approximate surface area is 125 Å². The second-order valence-electron chi connectivity index (χ2n) is 6.27. The largest absolute Gasteiger partial charge is 0.346 e. The minimum Gasteiger partial charge on any atom is -0.346 e. The van der Waals surface area contributed by atoms with E-state index >= 15 is 0 Å². The summed E-state index contributed by atoms with van der Waals surface area (Å²) in [6.07, 6.45) is 13.3. The summed E-state index contributed by atoms with van der Waals surface area (Å²) in [6.45, 7) is 4.30. The highest BCUT2D eigenvalue weighted by atomic mass is 16.2. The second-order valence-corrected chi connectivity index (χ2v) is 6.27. The molecule has 0 aromatic heterocycles. The van der Waals surface area contributed by atoms with E-state index in [4.69, 9.17) is 0 Å². The molecular weight excluding hydrogens is 248 g/mol. The van der Waals surface area contributed by atoms with Crippen molar-refractivity contribution in [2.75, 3.05) is 20.1 Å². The van der Waals surface area contributed by atoms with Crippen LogP contribution in [0.5, 0.6) is 0 Å². The molecule has 1 heterocycles. The van der Waals surface area contributed by atoms with E-state index in [1.807, 2.05) is 11.9 Å². The van der Waals surface area contributed by atoms with Crippen molar-refractivity contribution in [2.45, 2.75) is 83.6 Å². The van der Waals surface area contributed by atoms with Gasteiger partial charge in [0, 0.05) is 26.1 Å². The molecular formula is C17H34N2O. The van der Waals surface area contributed by atoms with Gasteiger partial charge in [0.1, 0.15) is 0 Å². The second kappa shape index (κ2) is 11.1. The molecule has 1 saturated heterocycles. The standard InChI is InChI=1S/C17H34N2O/c1-3-4-5-6-7-8-12-17(20)19(2)15-13-16-11-9-10-14-18-16/h16,18H,3-15H2,1-2H3. The summed E-state index contributed by atoms with van der Waals surface area (Å²) in [6, 6.07) is 0.632. The van der Waals surface area contributed by atoms with Gasteiger partial charge in [-0.3, -0.25) is 4.79 Å². The zero-order valence-corrected chi connectivity index (χ0v) is 13.6. The molecule has 3 heteroatoms. The van der Waals surface area contributed by atoms with E-state index < -0.39 is 0 Å². The lowest BCUT2D eigenvalue weighted by molar-refractivity contribution is -0.130. The molecule has 0 spiro atoms. The first kappa shape index (κ1) is 17.5. The van der Waals surface area contributed by atoms with Crippen LogP contribution in [0.3, 0.4) is 0 Å². The number of hydrogen-bond donors (Lipinski definition) is 1. The van der Waals surface area contributed by atoms with Gasteiger partial charge in [0.15, 0.2) is 0 Å². The van der Waals surface area contributed by atoms with E-state index in [0.29, 0.717) is 11.9 Å². The number of piperidine rings is 1. The number of unbranched alkanes of at least 4 members (excludes halogenated alkanes) is 5. The van der Waals surface area contributed by atoms with E-state index in [-0.39, 0.29) is 0 Å². The van der Waals surface area contributed by atoms with Crippen molar-refractivity contribution in [3.63, 3.8) is 0 Å². The average molecular weight is 282 g/mol. The summed E-state index contributed by atoms with van der Waals surface area (Å²) >= 11 is 0. The maximum absolute atomic E-state index is 12.0. The maximum atomic E-state index is 12.0. The molecule has 0 aromatic rings. The number of carbonyl (C=O) groups is 1. The van der Waals surface area contributed by atoms with Crippen LogP contribution < -0.4 is 5.32 Å². The van der Waals surface area contributed by atoms with Gasteiger partial charge in [0.2, 0.25) is 5.91 Å². The summed E-state index contributed by atoms with van der Waals surface area (Å²) in [4.78, 5) is 13.9. The van der Waals surface area contributed by atoms with E-state index in [9.17, 15) is 4.79 Å². The Morgan fingerprint density at radius 3 is 2.60 bits per heavy atom. The molecule has 0 aliphatic carbocycles. The summed E-state index contributed by atoms with van der Waals surface area (Å²) in [5.74, 6) is 0.330. The van der Waals surface area contributed by atoms with E-state index in [1.54, 1.807) is 0 Å². The van der Waals surface area contributed by atoms with E-state index in [1.165, 1.54) is 51.4 Å². The van der Waals surface area contributed by atoms with Crippen molar-refractivity contribution in [2.24, 2.45) is 0 Å². The molecule has 0 aromatic carbocycles. The SMILES string of the molecule is CCCCCCCCC(=O)N(C)CCC1CCCCN1. The van der Waals surface area contributed by atoms with Crippen molar-refractivity contribution >= 4 is 5.91 Å². The third kappa shape index (κ3) is 7.88. The zero-order valence-electron chi connectivity index (χ0n) is 13.6. The third-order valence-corrected chi connectivity index (χ3v) is 4.40. The summed E-state index contributed by atoms with van der Waals surface area (Å²) in [7, 11) is 1.96. The van der Waals surface area contributed by atoms with Gasteiger partial charge in [-0.05, 0) is 32.2 Å². The van der Waals surface area contributed by atoms with Crippen LogP contribution >= 0.6 is 0 Å². The van der Waals surface area contributed by atoms with Gasteiger partial charge in [-0.2, -0.15) is 0 Å². The van der Waals surface area contributed by atoms with Gasteiger partial charge in [-0.15, -0.1) is 0 Å². The van der Waals surface area contributed by atoms with Gasteiger partial charge in [-0.1, -0.05) is 45.4 Å². The van der Waals surface area contributed by atoms with Crippen molar-refractivity contribution in [3.8, 4) is 0 Å². The van der Waals surface area contributed by atoms with Crippen LogP contribution in [-0.2, 0) is 4.79 Å². The molecule has 1 aliphatic heterocycles. The number of hydrogen-bond acceptors (Lipinski definition) is 2. The predicted molar refractivity (Wildman–Crippen MR) is 85.9 cm³/mol.